The van der Waals surface area contributed by atoms with E-state index in [1.54, 1.807) is 22.3 Å². The number of urea groups is 2. The number of nitrogens with zero attached hydrogens (tertiary/aromatic N) is 2. The Morgan fingerprint density at radius 3 is 1.52 bits per heavy atom. The predicted octanol–water partition coefficient (Wildman–Crippen LogP) is 9.99. The lowest BCUT2D eigenvalue weighted by Crippen LogP contribution is -2.53. The number of amides is 4. The summed E-state index contributed by atoms with van der Waals surface area (Å²) in [6, 6.07) is 28.8. The molecule has 2 saturated heterocycles. The number of carbonyl (C=O) groups excluding carboxylic acids is 2. The van der Waals surface area contributed by atoms with Gasteiger partial charge in [0.15, 0.2) is 0 Å². The zero-order chi connectivity index (χ0) is 45.1. The fraction of sp³-hybridized carbons (Fsp3) is 0.549. The van der Waals surface area contributed by atoms with Gasteiger partial charge in [-0.2, -0.15) is 13.2 Å². The van der Waals surface area contributed by atoms with Crippen LogP contribution >= 0.6 is 0 Å². The molecular weight excluding hydrogens is 832 g/mol. The van der Waals surface area contributed by atoms with Crippen LogP contribution in [0, 0.1) is 11.8 Å². The Kier molecular flexibility index (Phi) is 13.7. The third-order valence-corrected chi connectivity index (χ3v) is 15.6. The second-order valence-corrected chi connectivity index (χ2v) is 19.5. The second-order valence-electron chi connectivity index (χ2n) is 19.5. The first-order chi connectivity index (χ1) is 31.5. The number of H-pyrrole nitrogens is 1. The summed E-state index contributed by atoms with van der Waals surface area (Å²) < 4.78 is 31.7. The smallest absolute Gasteiger partial charge is 0.475 e. The highest BCUT2D eigenvalue weighted by atomic mass is 19.4. The first kappa shape index (κ1) is 45.1. The highest BCUT2D eigenvalue weighted by Crippen LogP contribution is 2.54. The van der Waals surface area contributed by atoms with Gasteiger partial charge in [0.05, 0.1) is 6.04 Å². The van der Waals surface area contributed by atoms with Crippen molar-refractivity contribution in [3.8, 4) is 0 Å². The number of nitrogens with one attached hydrogen (secondary N) is 5. The molecule has 3 aromatic carbocycles. The lowest BCUT2D eigenvalue weighted by Gasteiger charge is -2.32. The van der Waals surface area contributed by atoms with Crippen molar-refractivity contribution in [2.24, 2.45) is 11.8 Å². The van der Waals surface area contributed by atoms with Gasteiger partial charge in [0.2, 0.25) is 0 Å². The molecule has 6 aliphatic rings. The molecule has 65 heavy (non-hydrogen) atoms. The van der Waals surface area contributed by atoms with E-state index < -0.39 is 12.1 Å². The molecule has 5 heterocycles. The lowest BCUT2D eigenvalue weighted by molar-refractivity contribution is -0.192. The molecule has 4 fully saturated rings. The lowest BCUT2D eigenvalue weighted by atomic mass is 9.84. The van der Waals surface area contributed by atoms with Crippen LogP contribution in [0.15, 0.2) is 79.0 Å². The molecule has 4 aliphatic heterocycles. The summed E-state index contributed by atoms with van der Waals surface area (Å²) >= 11 is 0. The van der Waals surface area contributed by atoms with E-state index in [4.69, 9.17) is 9.90 Å². The number of aromatic nitrogens is 1. The van der Waals surface area contributed by atoms with Crippen LogP contribution in [-0.4, -0.2) is 81.9 Å². The molecule has 5 atom stereocenters. The summed E-state index contributed by atoms with van der Waals surface area (Å²) in [4.78, 5) is 44.7. The maximum absolute atomic E-state index is 13.5. The van der Waals surface area contributed by atoms with Gasteiger partial charge in [-0.25, -0.2) is 14.4 Å². The zero-order valence-electron chi connectivity index (χ0n) is 37.1. The maximum atomic E-state index is 13.5. The summed E-state index contributed by atoms with van der Waals surface area (Å²) in [5.74, 6) is -1.31. The molecule has 0 radical (unpaired) electrons. The van der Waals surface area contributed by atoms with Crippen molar-refractivity contribution < 1.29 is 32.7 Å². The number of aliphatic carboxylic acids is 1. The van der Waals surface area contributed by atoms with Crippen molar-refractivity contribution in [2.45, 2.75) is 145 Å². The molecule has 2 aliphatic carbocycles. The van der Waals surface area contributed by atoms with Crippen molar-refractivity contribution in [1.82, 2.24) is 36.1 Å². The fourth-order valence-corrected chi connectivity index (χ4v) is 12.4. The topological polar surface area (TPSA) is 142 Å². The summed E-state index contributed by atoms with van der Waals surface area (Å²) in [6.45, 7) is 2.73. The third kappa shape index (κ3) is 10.3. The van der Waals surface area contributed by atoms with E-state index in [2.05, 4.69) is 103 Å². The number of carbonyl (C=O) groups is 3. The van der Waals surface area contributed by atoms with Gasteiger partial charge in [-0.1, -0.05) is 66.7 Å². The van der Waals surface area contributed by atoms with Gasteiger partial charge in [-0.15, -0.1) is 0 Å². The molecule has 10 rings (SSSR count). The Morgan fingerprint density at radius 1 is 0.631 bits per heavy atom. The molecule has 4 bridgehead atoms. The average molecular weight is 896 g/mol. The number of aromatic amines is 1. The number of fused-ring (bicyclic) bond motifs is 11. The first-order valence-electron chi connectivity index (χ1n) is 24.1. The largest absolute Gasteiger partial charge is 0.490 e. The van der Waals surface area contributed by atoms with Crippen LogP contribution in [0.3, 0.4) is 0 Å². The number of halogens is 3. The second kappa shape index (κ2) is 19.8. The van der Waals surface area contributed by atoms with Crippen LogP contribution in [0.5, 0.6) is 0 Å². The van der Waals surface area contributed by atoms with Gasteiger partial charge in [0.25, 0.3) is 0 Å². The van der Waals surface area contributed by atoms with Crippen LogP contribution in [-0.2, 0) is 11.2 Å². The number of alkyl halides is 3. The molecule has 4 amide bonds. The molecule has 14 heteroatoms. The highest BCUT2D eigenvalue weighted by Gasteiger charge is 2.44. The molecular formula is C51H64F3N7O4. The van der Waals surface area contributed by atoms with Crippen LogP contribution in [0.1, 0.15) is 142 Å². The van der Waals surface area contributed by atoms with E-state index in [1.165, 1.54) is 64.5 Å². The van der Waals surface area contributed by atoms with E-state index in [9.17, 15) is 22.8 Å². The fourth-order valence-electron chi connectivity index (χ4n) is 12.4. The number of hydrogen-bond acceptors (Lipinski definition) is 5. The van der Waals surface area contributed by atoms with E-state index in [0.29, 0.717) is 37.1 Å². The van der Waals surface area contributed by atoms with Crippen molar-refractivity contribution in [2.75, 3.05) is 19.6 Å². The minimum atomic E-state index is -5.08. The molecule has 4 aromatic rings. The zero-order valence-corrected chi connectivity index (χ0v) is 37.1. The van der Waals surface area contributed by atoms with Crippen molar-refractivity contribution in [3.05, 3.63) is 107 Å². The molecule has 6 N–H and O–H groups in total. The van der Waals surface area contributed by atoms with Crippen molar-refractivity contribution in [1.29, 1.82) is 0 Å². The number of carboxylic acid groups (broad SMARTS) is 1. The third-order valence-electron chi connectivity index (χ3n) is 15.6. The monoisotopic (exact) mass is 895 g/mol. The Labute approximate surface area is 379 Å². The normalized spacial score (nSPS) is 27.3. The Bertz CT molecular complexity index is 2220. The molecule has 1 unspecified atom stereocenters. The van der Waals surface area contributed by atoms with Crippen LogP contribution in [0.4, 0.5) is 22.8 Å². The minimum Gasteiger partial charge on any atom is -0.475 e. The summed E-state index contributed by atoms with van der Waals surface area (Å²) in [6.07, 6.45) is 14.0. The summed E-state index contributed by atoms with van der Waals surface area (Å²) in [5, 5.41) is 21.3. The van der Waals surface area contributed by atoms with Crippen molar-refractivity contribution >= 4 is 28.9 Å². The number of rotatable bonds is 13. The SMILES string of the molecule is O=C(NCC(Cc1c[nH]c2ccccc12)NC(=O)NC1CCC(CCN2[C@@H]3CC[C@H]2c2ccccc23)CC1)NC1CCC(CCN2[C@@H]3CC[C@H]2c2ccccc23)CC1.O=C(O)C(F)(F)F. The molecule has 348 valence electrons. The van der Waals surface area contributed by atoms with Crippen LogP contribution in [0.25, 0.3) is 10.9 Å². The van der Waals surface area contributed by atoms with Gasteiger partial charge < -0.3 is 31.4 Å². The summed E-state index contributed by atoms with van der Waals surface area (Å²) in [7, 11) is 0. The van der Waals surface area contributed by atoms with Crippen LogP contribution in [0.2, 0.25) is 0 Å². The summed E-state index contributed by atoms with van der Waals surface area (Å²) in [5.41, 5.74) is 8.49. The van der Waals surface area contributed by atoms with Gasteiger partial charge in [0.1, 0.15) is 0 Å². The quantitative estimate of drug-likeness (QED) is 0.0790. The van der Waals surface area contributed by atoms with Crippen molar-refractivity contribution in [3.63, 3.8) is 0 Å². The Balaban J connectivity index is 0.000000706. The molecule has 2 saturated carbocycles. The van der Waals surface area contributed by atoms with E-state index in [1.807, 2.05) is 12.3 Å². The number of para-hydroxylation sites is 1. The Morgan fingerprint density at radius 2 is 1.06 bits per heavy atom. The van der Waals surface area contributed by atoms with Crippen LogP contribution < -0.4 is 21.3 Å². The minimum absolute atomic E-state index is 0.133. The number of hydrogen-bond donors (Lipinski definition) is 6. The van der Waals surface area contributed by atoms with E-state index in [0.717, 1.165) is 66.8 Å². The molecule has 0 spiro atoms. The molecule has 1 aromatic heterocycles. The van der Waals surface area contributed by atoms with Gasteiger partial charge in [-0.05, 0) is 155 Å². The maximum Gasteiger partial charge on any atom is 0.490 e. The number of carboxylic acids is 1. The first-order valence-corrected chi connectivity index (χ1v) is 24.1. The van der Waals surface area contributed by atoms with Gasteiger partial charge in [0, 0.05) is 59.9 Å². The average Bonchev–Trinajstić information content (AvgIpc) is 4.14. The Hall–Kier alpha value is -5.08. The molecule has 11 nitrogen and oxygen atoms in total. The predicted molar refractivity (Wildman–Crippen MR) is 244 cm³/mol. The highest BCUT2D eigenvalue weighted by molar-refractivity contribution is 5.83. The van der Waals surface area contributed by atoms with Gasteiger partial charge in [-0.3, -0.25) is 9.80 Å². The standard InChI is InChI=1S/C49H63N7O2.C2HF3O2/c57-48(52-35-17-13-32(14-18-35)25-27-55-44-21-22-45(55)40-9-2-1-8-39(40)44)51-31-37(29-34-30-50-43-12-6-5-7-38(34)43)54-49(58)53-36-19-15-33(16-20-36)26-28-56-46-23-24-47(56)42-11-4-3-10-41(42)46;3-2(4,5)1(6)7/h1-12,30,32-33,35-37,44-47,50H,13-29,31H2,(H2,51,52,57)(H2,53,54,58);(H,6,7)/t32?,33?,35?,36?,37?,44-,45+,46-,47+;. The van der Waals surface area contributed by atoms with E-state index >= 15 is 0 Å². The number of benzene rings is 3. The van der Waals surface area contributed by atoms with E-state index in [-0.39, 0.29) is 30.2 Å². The van der Waals surface area contributed by atoms with Gasteiger partial charge >= 0.3 is 24.2 Å².